The van der Waals surface area contributed by atoms with Crippen LogP contribution in [0.25, 0.3) is 0 Å². The Hall–Kier alpha value is -3.35. The van der Waals surface area contributed by atoms with E-state index in [4.69, 9.17) is 4.74 Å². The van der Waals surface area contributed by atoms with Crippen LogP contribution >= 0.6 is 0 Å². The number of hydrogen-bond acceptors (Lipinski definition) is 4. The maximum absolute atomic E-state index is 13.0. The van der Waals surface area contributed by atoms with Gasteiger partial charge in [0.05, 0.1) is 0 Å². The predicted octanol–water partition coefficient (Wildman–Crippen LogP) is 3.08. The maximum atomic E-state index is 13.0. The lowest BCUT2D eigenvalue weighted by Gasteiger charge is -2.25. The molecule has 2 aromatic rings. The summed E-state index contributed by atoms with van der Waals surface area (Å²) in [5.74, 6) is -0.184. The third-order valence-corrected chi connectivity index (χ3v) is 5.04. The van der Waals surface area contributed by atoms with Crippen molar-refractivity contribution in [2.75, 3.05) is 6.61 Å². The number of hydrogen-bond donors (Lipinski definition) is 2. The lowest BCUT2D eigenvalue weighted by molar-refractivity contribution is -0.140. The number of benzene rings is 2. The van der Waals surface area contributed by atoms with Crippen LogP contribution in [0.15, 0.2) is 54.6 Å². The van der Waals surface area contributed by atoms with Gasteiger partial charge in [-0.15, -0.1) is 0 Å². The zero-order chi connectivity index (χ0) is 21.0. The molecule has 7 heteroatoms. The van der Waals surface area contributed by atoms with Gasteiger partial charge in [0.1, 0.15) is 11.3 Å². The Bertz CT molecular complexity index is 896. The standard InChI is InChI=1S/C22H25N3O4/c1-4-22(17-8-6-5-7-9-17)20(27)25(21(28)23-22)24-19(26)14-29-18-12-10-16(11-13-18)15(2)3/h5-13,15H,4,14H2,1-3H3,(H,23,28)(H,24,26)/t22-/m1/s1. The average Bonchev–Trinajstić information content (AvgIpc) is 2.98. The molecular weight excluding hydrogens is 370 g/mol. The zero-order valence-electron chi connectivity index (χ0n) is 16.8. The highest BCUT2D eigenvalue weighted by atomic mass is 16.5. The van der Waals surface area contributed by atoms with Gasteiger partial charge in [-0.3, -0.25) is 15.0 Å². The molecule has 0 unspecified atom stereocenters. The third kappa shape index (κ3) is 4.08. The summed E-state index contributed by atoms with van der Waals surface area (Å²) in [7, 11) is 0. The van der Waals surface area contributed by atoms with Crippen molar-refractivity contribution in [1.29, 1.82) is 0 Å². The number of carbonyl (C=O) groups is 3. The van der Waals surface area contributed by atoms with Crippen LogP contribution in [0, 0.1) is 0 Å². The Morgan fingerprint density at radius 2 is 1.76 bits per heavy atom. The summed E-state index contributed by atoms with van der Waals surface area (Å²) < 4.78 is 5.46. The van der Waals surface area contributed by atoms with E-state index in [1.165, 1.54) is 0 Å². The van der Waals surface area contributed by atoms with Crippen molar-refractivity contribution < 1.29 is 19.1 Å². The number of ether oxygens (including phenoxy) is 1. The third-order valence-electron chi connectivity index (χ3n) is 5.04. The van der Waals surface area contributed by atoms with Gasteiger partial charge < -0.3 is 10.1 Å². The molecule has 0 saturated carbocycles. The SMILES string of the molecule is CC[C@]1(c2ccccc2)NC(=O)N(NC(=O)COc2ccc(C(C)C)cc2)C1=O. The highest BCUT2D eigenvalue weighted by molar-refractivity contribution is 6.08. The summed E-state index contributed by atoms with van der Waals surface area (Å²) in [5, 5.41) is 3.44. The van der Waals surface area contributed by atoms with E-state index in [9.17, 15) is 14.4 Å². The number of nitrogens with one attached hydrogen (secondary N) is 2. The fourth-order valence-corrected chi connectivity index (χ4v) is 3.29. The summed E-state index contributed by atoms with van der Waals surface area (Å²) in [6.45, 7) is 5.67. The second kappa shape index (κ2) is 8.34. The van der Waals surface area contributed by atoms with Crippen LogP contribution in [0.5, 0.6) is 5.75 Å². The van der Waals surface area contributed by atoms with Gasteiger partial charge in [0.15, 0.2) is 6.61 Å². The van der Waals surface area contributed by atoms with Crippen LogP contribution in [0.1, 0.15) is 44.2 Å². The molecule has 1 heterocycles. The molecule has 1 fully saturated rings. The molecule has 1 aliphatic rings. The van der Waals surface area contributed by atoms with Crippen molar-refractivity contribution in [3.8, 4) is 5.75 Å². The molecule has 1 aliphatic heterocycles. The van der Waals surface area contributed by atoms with E-state index in [1.807, 2.05) is 18.2 Å². The van der Waals surface area contributed by atoms with Crippen LogP contribution in [-0.4, -0.2) is 29.5 Å². The van der Waals surface area contributed by atoms with Crippen molar-refractivity contribution in [2.45, 2.75) is 38.6 Å². The summed E-state index contributed by atoms with van der Waals surface area (Å²) in [4.78, 5) is 37.6. The summed E-state index contributed by atoms with van der Waals surface area (Å²) in [6.07, 6.45) is 0.354. The van der Waals surface area contributed by atoms with Crippen LogP contribution in [0.3, 0.4) is 0 Å². The number of hydrazine groups is 1. The Morgan fingerprint density at radius 3 is 2.34 bits per heavy atom. The van der Waals surface area contributed by atoms with E-state index in [2.05, 4.69) is 24.6 Å². The zero-order valence-corrected chi connectivity index (χ0v) is 16.8. The molecule has 29 heavy (non-hydrogen) atoms. The smallest absolute Gasteiger partial charge is 0.344 e. The van der Waals surface area contributed by atoms with E-state index >= 15 is 0 Å². The number of amides is 4. The van der Waals surface area contributed by atoms with Crippen LogP contribution in [0.4, 0.5) is 4.79 Å². The number of carbonyl (C=O) groups excluding carboxylic acids is 3. The monoisotopic (exact) mass is 395 g/mol. The van der Waals surface area contributed by atoms with E-state index in [-0.39, 0.29) is 6.61 Å². The summed E-state index contributed by atoms with van der Waals surface area (Å²) in [5.41, 5.74) is 2.98. The van der Waals surface area contributed by atoms with Crippen molar-refractivity contribution in [1.82, 2.24) is 15.8 Å². The van der Waals surface area contributed by atoms with Gasteiger partial charge in [-0.1, -0.05) is 63.2 Å². The molecule has 2 aromatic carbocycles. The maximum Gasteiger partial charge on any atom is 0.344 e. The second-order valence-corrected chi connectivity index (χ2v) is 7.24. The van der Waals surface area contributed by atoms with Crippen molar-refractivity contribution in [3.05, 3.63) is 65.7 Å². The number of imide groups is 1. The molecule has 0 aliphatic carbocycles. The molecular formula is C22H25N3O4. The number of urea groups is 1. The molecule has 4 amide bonds. The Kier molecular flexibility index (Phi) is 5.87. The molecule has 152 valence electrons. The van der Waals surface area contributed by atoms with E-state index < -0.39 is 23.4 Å². The molecule has 0 bridgehead atoms. The van der Waals surface area contributed by atoms with Gasteiger partial charge in [-0.05, 0) is 35.6 Å². The van der Waals surface area contributed by atoms with Crippen molar-refractivity contribution >= 4 is 17.8 Å². The first-order valence-electron chi connectivity index (χ1n) is 9.62. The van der Waals surface area contributed by atoms with Crippen LogP contribution < -0.4 is 15.5 Å². The molecule has 0 aromatic heterocycles. The first-order valence-corrected chi connectivity index (χ1v) is 9.62. The first-order chi connectivity index (χ1) is 13.9. The summed E-state index contributed by atoms with van der Waals surface area (Å²) in [6, 6.07) is 15.7. The fraction of sp³-hybridized carbons (Fsp3) is 0.318. The van der Waals surface area contributed by atoms with E-state index in [0.29, 0.717) is 23.7 Å². The molecule has 1 saturated heterocycles. The Balaban J connectivity index is 1.64. The quantitative estimate of drug-likeness (QED) is 0.706. The highest BCUT2D eigenvalue weighted by Gasteiger charge is 2.52. The van der Waals surface area contributed by atoms with Crippen LogP contribution in [0.2, 0.25) is 0 Å². The van der Waals surface area contributed by atoms with E-state index in [0.717, 1.165) is 10.6 Å². The van der Waals surface area contributed by atoms with Gasteiger partial charge in [0, 0.05) is 0 Å². The van der Waals surface area contributed by atoms with Gasteiger partial charge in [-0.25, -0.2) is 4.79 Å². The van der Waals surface area contributed by atoms with E-state index in [1.54, 1.807) is 43.3 Å². The topological polar surface area (TPSA) is 87.7 Å². The molecule has 3 rings (SSSR count). The van der Waals surface area contributed by atoms with Crippen LogP contribution in [-0.2, 0) is 15.1 Å². The Morgan fingerprint density at radius 1 is 1.10 bits per heavy atom. The molecule has 1 atom stereocenters. The van der Waals surface area contributed by atoms with Crippen molar-refractivity contribution in [2.24, 2.45) is 0 Å². The normalized spacial score (nSPS) is 18.7. The second-order valence-electron chi connectivity index (χ2n) is 7.24. The van der Waals surface area contributed by atoms with Crippen molar-refractivity contribution in [3.63, 3.8) is 0 Å². The van der Waals surface area contributed by atoms with Gasteiger partial charge in [0.2, 0.25) is 0 Å². The number of nitrogens with zero attached hydrogens (tertiary/aromatic N) is 1. The lowest BCUT2D eigenvalue weighted by Crippen LogP contribution is -2.49. The largest absolute Gasteiger partial charge is 0.484 e. The minimum absolute atomic E-state index is 0.317. The molecule has 0 radical (unpaired) electrons. The minimum atomic E-state index is -1.20. The summed E-state index contributed by atoms with van der Waals surface area (Å²) >= 11 is 0. The predicted molar refractivity (Wildman–Crippen MR) is 108 cm³/mol. The minimum Gasteiger partial charge on any atom is -0.484 e. The van der Waals surface area contributed by atoms with Gasteiger partial charge in [-0.2, -0.15) is 5.01 Å². The highest BCUT2D eigenvalue weighted by Crippen LogP contribution is 2.31. The fourth-order valence-electron chi connectivity index (χ4n) is 3.29. The first kappa shape index (κ1) is 20.4. The average molecular weight is 395 g/mol. The number of rotatable bonds is 7. The molecule has 7 nitrogen and oxygen atoms in total. The molecule has 0 spiro atoms. The molecule has 2 N–H and O–H groups in total. The lowest BCUT2D eigenvalue weighted by atomic mass is 9.87. The Labute approximate surface area is 170 Å². The van der Waals surface area contributed by atoms with Gasteiger partial charge >= 0.3 is 6.03 Å². The van der Waals surface area contributed by atoms with Gasteiger partial charge in [0.25, 0.3) is 11.8 Å².